The molecule has 0 saturated carbocycles. The highest BCUT2D eigenvalue weighted by molar-refractivity contribution is 6.14. The normalized spacial score (nSPS) is 19.6. The average Bonchev–Trinajstić information content (AvgIpc) is 3.21. The summed E-state index contributed by atoms with van der Waals surface area (Å²) in [5.74, 6) is -1.69. The summed E-state index contributed by atoms with van der Waals surface area (Å²) in [5, 5.41) is 9.52. The van der Waals surface area contributed by atoms with E-state index in [9.17, 15) is 27.2 Å². The zero-order valence-corrected chi connectivity index (χ0v) is 15.5. The number of halogens is 4. The summed E-state index contributed by atoms with van der Waals surface area (Å²) in [7, 11) is 0. The number of fused-ring (bicyclic) bond motifs is 4. The monoisotopic (exact) mass is 432 g/mol. The van der Waals surface area contributed by atoms with Crippen LogP contribution in [0.5, 0.6) is 5.75 Å². The molecule has 11 heteroatoms. The van der Waals surface area contributed by atoms with E-state index in [1.54, 1.807) is 0 Å². The first kappa shape index (κ1) is 19.1. The molecule has 0 bridgehead atoms. The molecule has 0 saturated heterocycles. The zero-order chi connectivity index (χ0) is 22.0. The van der Waals surface area contributed by atoms with Crippen LogP contribution in [0.15, 0.2) is 48.7 Å². The number of carbonyl (C=O) groups is 2. The first-order valence-electron chi connectivity index (χ1n) is 9.03. The van der Waals surface area contributed by atoms with E-state index in [4.69, 9.17) is 0 Å². The van der Waals surface area contributed by atoms with Crippen molar-refractivity contribution in [2.75, 3.05) is 10.6 Å². The summed E-state index contributed by atoms with van der Waals surface area (Å²) < 4.78 is 56.0. The van der Waals surface area contributed by atoms with Crippen LogP contribution in [-0.4, -0.2) is 28.0 Å². The SMILES string of the molecule is O=C1C[C@]2(C(=O)Nc3cc(F)ccc32)c2cnn(-c3ccc(OC(F)(F)F)cc3)c2N1. The molecule has 1 aromatic heterocycles. The Kier molecular flexibility index (Phi) is 3.88. The zero-order valence-electron chi connectivity index (χ0n) is 15.5. The maximum Gasteiger partial charge on any atom is 0.573 e. The Morgan fingerprint density at radius 1 is 1.03 bits per heavy atom. The first-order chi connectivity index (χ1) is 14.7. The van der Waals surface area contributed by atoms with Crippen molar-refractivity contribution in [1.82, 2.24) is 9.78 Å². The Morgan fingerprint density at radius 2 is 1.77 bits per heavy atom. The fourth-order valence-corrected chi connectivity index (χ4v) is 4.06. The van der Waals surface area contributed by atoms with Gasteiger partial charge in [-0.05, 0) is 42.0 Å². The second-order valence-electron chi connectivity index (χ2n) is 7.13. The minimum absolute atomic E-state index is 0.200. The van der Waals surface area contributed by atoms with Crippen LogP contribution in [0.3, 0.4) is 0 Å². The molecule has 2 N–H and O–H groups in total. The van der Waals surface area contributed by atoms with Gasteiger partial charge in [-0.2, -0.15) is 5.10 Å². The van der Waals surface area contributed by atoms with Gasteiger partial charge in [-0.3, -0.25) is 9.59 Å². The first-order valence-corrected chi connectivity index (χ1v) is 9.03. The second kappa shape index (κ2) is 6.30. The van der Waals surface area contributed by atoms with Gasteiger partial charge in [0.1, 0.15) is 22.8 Å². The fraction of sp³-hybridized carbons (Fsp3) is 0.150. The number of rotatable bonds is 2. The van der Waals surface area contributed by atoms with Gasteiger partial charge in [0.2, 0.25) is 11.8 Å². The number of carbonyl (C=O) groups excluding carboxylic acids is 2. The fourth-order valence-electron chi connectivity index (χ4n) is 4.06. The van der Waals surface area contributed by atoms with E-state index in [2.05, 4.69) is 20.5 Å². The van der Waals surface area contributed by atoms with Crippen LogP contribution in [0.4, 0.5) is 29.1 Å². The summed E-state index contributed by atoms with van der Waals surface area (Å²) in [5.41, 5.74) is 0.0603. The van der Waals surface area contributed by atoms with Crippen LogP contribution in [0.1, 0.15) is 17.5 Å². The molecule has 0 unspecified atom stereocenters. The second-order valence-corrected chi connectivity index (χ2v) is 7.13. The van der Waals surface area contributed by atoms with Crippen LogP contribution in [0.2, 0.25) is 0 Å². The Morgan fingerprint density at radius 3 is 2.48 bits per heavy atom. The van der Waals surface area contributed by atoms with Crippen LogP contribution < -0.4 is 15.4 Å². The number of aromatic nitrogens is 2. The van der Waals surface area contributed by atoms with Gasteiger partial charge in [-0.15, -0.1) is 13.2 Å². The molecule has 2 amide bonds. The van der Waals surface area contributed by atoms with Crippen LogP contribution >= 0.6 is 0 Å². The van der Waals surface area contributed by atoms with E-state index in [0.717, 1.165) is 12.1 Å². The van der Waals surface area contributed by atoms with Gasteiger partial charge >= 0.3 is 6.36 Å². The van der Waals surface area contributed by atoms with Crippen molar-refractivity contribution in [2.45, 2.75) is 18.2 Å². The highest BCUT2D eigenvalue weighted by Crippen LogP contribution is 2.50. The topological polar surface area (TPSA) is 85.2 Å². The molecule has 1 spiro atoms. The third-order valence-electron chi connectivity index (χ3n) is 5.30. The lowest BCUT2D eigenvalue weighted by Crippen LogP contribution is -2.43. The lowest BCUT2D eigenvalue weighted by molar-refractivity contribution is -0.274. The third-order valence-corrected chi connectivity index (χ3v) is 5.30. The Balaban J connectivity index is 1.61. The lowest BCUT2D eigenvalue weighted by Gasteiger charge is -2.31. The van der Waals surface area contributed by atoms with E-state index >= 15 is 0 Å². The third kappa shape index (κ3) is 2.92. The number of anilines is 2. The van der Waals surface area contributed by atoms with Crippen LogP contribution in [0, 0.1) is 5.82 Å². The molecule has 0 aliphatic carbocycles. The van der Waals surface area contributed by atoms with Gasteiger partial charge in [-0.1, -0.05) is 6.07 Å². The highest BCUT2D eigenvalue weighted by Gasteiger charge is 2.54. The quantitative estimate of drug-likeness (QED) is 0.608. The molecule has 3 heterocycles. The van der Waals surface area contributed by atoms with Gasteiger partial charge in [0.05, 0.1) is 11.9 Å². The summed E-state index contributed by atoms with van der Waals surface area (Å²) in [6.07, 6.45) is -3.61. The van der Waals surface area contributed by atoms with Crippen molar-refractivity contribution in [3.63, 3.8) is 0 Å². The largest absolute Gasteiger partial charge is 0.573 e. The molecule has 31 heavy (non-hydrogen) atoms. The maximum absolute atomic E-state index is 13.7. The molecule has 2 aromatic carbocycles. The Labute approximate surface area is 171 Å². The van der Waals surface area contributed by atoms with Gasteiger partial charge in [0, 0.05) is 17.7 Å². The smallest absolute Gasteiger partial charge is 0.406 e. The average molecular weight is 432 g/mol. The van der Waals surface area contributed by atoms with Crippen molar-refractivity contribution >= 4 is 23.3 Å². The predicted molar refractivity (Wildman–Crippen MR) is 99.3 cm³/mol. The lowest BCUT2D eigenvalue weighted by atomic mass is 9.72. The van der Waals surface area contributed by atoms with Crippen LogP contribution in [0.25, 0.3) is 5.69 Å². The maximum atomic E-state index is 13.7. The number of amides is 2. The van der Waals surface area contributed by atoms with Crippen LogP contribution in [-0.2, 0) is 15.0 Å². The molecule has 158 valence electrons. The molecular formula is C20H12F4N4O3. The van der Waals surface area contributed by atoms with Crippen molar-refractivity contribution < 1.29 is 31.9 Å². The number of hydrogen-bond donors (Lipinski definition) is 2. The van der Waals surface area contributed by atoms with Crippen molar-refractivity contribution in [2.24, 2.45) is 0 Å². The van der Waals surface area contributed by atoms with Crippen molar-refractivity contribution in [3.8, 4) is 11.4 Å². The molecule has 0 fully saturated rings. The number of nitrogens with zero attached hydrogens (tertiary/aromatic N) is 2. The minimum Gasteiger partial charge on any atom is -0.406 e. The van der Waals surface area contributed by atoms with Crippen molar-refractivity contribution in [1.29, 1.82) is 0 Å². The number of nitrogens with one attached hydrogen (secondary N) is 2. The highest BCUT2D eigenvalue weighted by atomic mass is 19.4. The number of hydrogen-bond acceptors (Lipinski definition) is 4. The van der Waals surface area contributed by atoms with E-state index in [-0.39, 0.29) is 17.9 Å². The number of ether oxygens (including phenoxy) is 1. The molecule has 1 atom stereocenters. The van der Waals surface area contributed by atoms with E-state index in [0.29, 0.717) is 16.8 Å². The number of benzene rings is 2. The molecule has 5 rings (SSSR count). The number of alkyl halides is 3. The molecule has 2 aliphatic heterocycles. The molecular weight excluding hydrogens is 420 g/mol. The van der Waals surface area contributed by atoms with Gasteiger partial charge < -0.3 is 15.4 Å². The van der Waals surface area contributed by atoms with E-state index in [1.165, 1.54) is 41.2 Å². The molecule has 0 radical (unpaired) electrons. The van der Waals surface area contributed by atoms with Gasteiger partial charge in [0.25, 0.3) is 0 Å². The molecule has 3 aromatic rings. The molecule has 2 aliphatic rings. The summed E-state index contributed by atoms with van der Waals surface area (Å²) in [6, 6.07) is 8.72. The molecule has 7 nitrogen and oxygen atoms in total. The Bertz CT molecular complexity index is 1240. The van der Waals surface area contributed by atoms with Crippen molar-refractivity contribution in [3.05, 3.63) is 65.6 Å². The van der Waals surface area contributed by atoms with E-state index < -0.39 is 35.2 Å². The summed E-state index contributed by atoms with van der Waals surface area (Å²) >= 11 is 0. The minimum atomic E-state index is -4.82. The summed E-state index contributed by atoms with van der Waals surface area (Å²) in [6.45, 7) is 0. The predicted octanol–water partition coefficient (Wildman–Crippen LogP) is 3.49. The van der Waals surface area contributed by atoms with Gasteiger partial charge in [0.15, 0.2) is 0 Å². The Hall–Kier alpha value is -3.89. The standard InChI is InChI=1S/C20H12F4N4O3/c21-10-1-6-13-15(7-10)26-18(30)19(13)8-16(29)27-17-14(19)9-25-28(17)11-2-4-12(5-3-11)31-20(22,23)24/h1-7,9H,8H2,(H,26,30)(H,27,29)/t19-/m1/s1. The van der Waals surface area contributed by atoms with Gasteiger partial charge in [-0.25, -0.2) is 9.07 Å². The summed E-state index contributed by atoms with van der Waals surface area (Å²) in [4.78, 5) is 25.5. The van der Waals surface area contributed by atoms with E-state index in [1.807, 2.05) is 0 Å².